The van der Waals surface area contributed by atoms with Crippen molar-refractivity contribution in [2.24, 2.45) is 0 Å². The molecule has 0 saturated heterocycles. The van der Waals surface area contributed by atoms with E-state index < -0.39 is 10.5 Å². The molecule has 1 aromatic rings. The average Bonchev–Trinajstić information content (AvgIpc) is 2.44. The molecule has 0 aromatic heterocycles. The lowest BCUT2D eigenvalue weighted by molar-refractivity contribution is -0.385. The smallest absolute Gasteiger partial charge is 0.289 e. The zero-order chi connectivity index (χ0) is 14.5. The van der Waals surface area contributed by atoms with Crippen LogP contribution in [0, 0.1) is 21.4 Å². The van der Waals surface area contributed by atoms with Crippen LogP contribution in [0.1, 0.15) is 32.3 Å². The van der Waals surface area contributed by atoms with Gasteiger partial charge in [-0.3, -0.25) is 10.1 Å². The van der Waals surface area contributed by atoms with Gasteiger partial charge >= 0.3 is 0 Å². The number of anilines is 1. The number of hydrogen-bond acceptors (Lipinski definition) is 5. The molecule has 2 N–H and O–H groups in total. The summed E-state index contributed by atoms with van der Waals surface area (Å²) in [5, 5.41) is 32.7. The van der Waals surface area contributed by atoms with Crippen molar-refractivity contribution in [1.82, 2.24) is 0 Å². The number of aliphatic hydroxyl groups is 1. The van der Waals surface area contributed by atoms with E-state index in [1.165, 1.54) is 12.1 Å². The van der Waals surface area contributed by atoms with Gasteiger partial charge in [0.1, 0.15) is 11.6 Å². The van der Waals surface area contributed by atoms with E-state index in [9.17, 15) is 15.2 Å². The molecular weight excluding hydrogens is 246 g/mol. The Morgan fingerprint density at radius 3 is 2.58 bits per heavy atom. The Bertz CT molecular complexity index is 504. The number of nitrogens with zero attached hydrogens (tertiary/aromatic N) is 2. The van der Waals surface area contributed by atoms with Gasteiger partial charge in [0.25, 0.3) is 5.69 Å². The van der Waals surface area contributed by atoms with Gasteiger partial charge in [0.15, 0.2) is 0 Å². The number of rotatable bonds is 6. The van der Waals surface area contributed by atoms with Crippen molar-refractivity contribution >= 4 is 11.4 Å². The lowest BCUT2D eigenvalue weighted by atomic mass is 9.97. The molecule has 0 radical (unpaired) electrons. The standard InChI is InChI=1S/C13H17N3O3/c1-3-13(17,4-2)9-15-11-6-5-10(8-14)12(7-11)16(18)19/h5-7,15,17H,3-4,9H2,1-2H3. The first kappa shape index (κ1) is 14.9. The van der Waals surface area contributed by atoms with Crippen LogP contribution in [-0.2, 0) is 0 Å². The molecule has 0 spiro atoms. The lowest BCUT2D eigenvalue weighted by Gasteiger charge is -2.25. The summed E-state index contributed by atoms with van der Waals surface area (Å²) < 4.78 is 0. The second kappa shape index (κ2) is 6.16. The van der Waals surface area contributed by atoms with Crippen molar-refractivity contribution in [2.75, 3.05) is 11.9 Å². The van der Waals surface area contributed by atoms with Gasteiger partial charge in [0.05, 0.1) is 10.5 Å². The summed E-state index contributed by atoms with van der Waals surface area (Å²) >= 11 is 0. The fourth-order valence-corrected chi connectivity index (χ4v) is 1.65. The van der Waals surface area contributed by atoms with Crippen LogP contribution >= 0.6 is 0 Å². The normalized spacial score (nSPS) is 10.8. The molecule has 19 heavy (non-hydrogen) atoms. The van der Waals surface area contributed by atoms with Crippen molar-refractivity contribution in [2.45, 2.75) is 32.3 Å². The van der Waals surface area contributed by atoms with E-state index in [0.717, 1.165) is 0 Å². The van der Waals surface area contributed by atoms with Gasteiger partial charge in [-0.05, 0) is 25.0 Å². The van der Waals surface area contributed by atoms with Gasteiger partial charge in [0.2, 0.25) is 0 Å². The maximum Gasteiger partial charge on any atom is 0.289 e. The largest absolute Gasteiger partial charge is 0.388 e. The quantitative estimate of drug-likeness (QED) is 0.606. The molecule has 1 aromatic carbocycles. The molecule has 0 amide bonds. The highest BCUT2D eigenvalue weighted by atomic mass is 16.6. The van der Waals surface area contributed by atoms with Crippen molar-refractivity contribution < 1.29 is 10.0 Å². The number of nitrogens with one attached hydrogen (secondary N) is 1. The summed E-state index contributed by atoms with van der Waals surface area (Å²) in [4.78, 5) is 10.2. The first-order valence-electron chi connectivity index (χ1n) is 6.10. The zero-order valence-corrected chi connectivity index (χ0v) is 11.0. The molecule has 0 saturated carbocycles. The van der Waals surface area contributed by atoms with Crippen molar-refractivity contribution in [3.63, 3.8) is 0 Å². The fraction of sp³-hybridized carbons (Fsp3) is 0.462. The molecule has 0 aliphatic heterocycles. The first-order chi connectivity index (χ1) is 8.95. The van der Waals surface area contributed by atoms with E-state index >= 15 is 0 Å². The number of hydrogen-bond donors (Lipinski definition) is 2. The zero-order valence-electron chi connectivity index (χ0n) is 11.0. The van der Waals surface area contributed by atoms with Crippen LogP contribution in [0.25, 0.3) is 0 Å². The number of nitro groups is 1. The van der Waals surface area contributed by atoms with E-state index in [-0.39, 0.29) is 11.3 Å². The summed E-state index contributed by atoms with van der Waals surface area (Å²) in [6, 6.07) is 6.08. The van der Waals surface area contributed by atoms with E-state index in [0.29, 0.717) is 25.1 Å². The highest BCUT2D eigenvalue weighted by Crippen LogP contribution is 2.23. The summed E-state index contributed by atoms with van der Waals surface area (Å²) in [7, 11) is 0. The van der Waals surface area contributed by atoms with E-state index in [2.05, 4.69) is 5.32 Å². The maximum atomic E-state index is 10.8. The molecule has 6 heteroatoms. The van der Waals surface area contributed by atoms with Crippen LogP contribution in [0.4, 0.5) is 11.4 Å². The monoisotopic (exact) mass is 263 g/mol. The molecule has 1 rings (SSSR count). The topological polar surface area (TPSA) is 99.2 Å². The van der Waals surface area contributed by atoms with Gasteiger partial charge < -0.3 is 10.4 Å². The Kier molecular flexibility index (Phi) is 4.84. The third kappa shape index (κ3) is 3.66. The predicted octanol–water partition coefficient (Wildman–Crippen LogP) is 2.43. The second-order valence-corrected chi connectivity index (χ2v) is 4.39. The summed E-state index contributed by atoms with van der Waals surface area (Å²) in [5.41, 5.74) is -0.519. The minimum absolute atomic E-state index is 0.0248. The van der Waals surface area contributed by atoms with Gasteiger partial charge in [-0.2, -0.15) is 5.26 Å². The Labute approximate surface area is 111 Å². The van der Waals surface area contributed by atoms with Crippen LogP contribution in [0.2, 0.25) is 0 Å². The molecule has 102 valence electrons. The number of benzene rings is 1. The minimum Gasteiger partial charge on any atom is -0.388 e. The first-order valence-corrected chi connectivity index (χ1v) is 6.10. The van der Waals surface area contributed by atoms with Gasteiger partial charge in [-0.15, -0.1) is 0 Å². The fourth-order valence-electron chi connectivity index (χ4n) is 1.65. The Hall–Kier alpha value is -2.13. The van der Waals surface area contributed by atoms with Crippen molar-refractivity contribution in [3.05, 3.63) is 33.9 Å². The van der Waals surface area contributed by atoms with E-state index in [4.69, 9.17) is 5.26 Å². The molecule has 0 aliphatic carbocycles. The number of nitro benzene ring substituents is 1. The van der Waals surface area contributed by atoms with Gasteiger partial charge in [-0.1, -0.05) is 13.8 Å². The number of nitriles is 1. The summed E-state index contributed by atoms with van der Waals surface area (Å²) in [6.07, 6.45) is 1.18. The molecule has 0 aliphatic rings. The van der Waals surface area contributed by atoms with Gasteiger partial charge in [0, 0.05) is 18.3 Å². The van der Waals surface area contributed by atoms with Crippen LogP contribution in [0.5, 0.6) is 0 Å². The van der Waals surface area contributed by atoms with Crippen LogP contribution in [-0.4, -0.2) is 22.2 Å². The van der Waals surface area contributed by atoms with Crippen LogP contribution < -0.4 is 5.32 Å². The van der Waals surface area contributed by atoms with Crippen LogP contribution in [0.15, 0.2) is 18.2 Å². The summed E-state index contributed by atoms with van der Waals surface area (Å²) in [6.45, 7) is 4.07. The molecule has 0 fully saturated rings. The maximum absolute atomic E-state index is 10.8. The highest BCUT2D eigenvalue weighted by Gasteiger charge is 2.22. The van der Waals surface area contributed by atoms with E-state index in [1.807, 2.05) is 13.8 Å². The lowest BCUT2D eigenvalue weighted by Crippen LogP contribution is -2.35. The van der Waals surface area contributed by atoms with E-state index in [1.54, 1.807) is 12.1 Å². The molecule has 0 heterocycles. The van der Waals surface area contributed by atoms with Gasteiger partial charge in [-0.25, -0.2) is 0 Å². The molecule has 0 unspecified atom stereocenters. The van der Waals surface area contributed by atoms with Crippen molar-refractivity contribution in [3.8, 4) is 6.07 Å². The average molecular weight is 263 g/mol. The SMILES string of the molecule is CCC(O)(CC)CNc1ccc(C#N)c([N+](=O)[O-])c1. The van der Waals surface area contributed by atoms with Crippen molar-refractivity contribution in [1.29, 1.82) is 5.26 Å². The third-order valence-corrected chi connectivity index (χ3v) is 3.25. The Morgan fingerprint density at radius 2 is 2.11 bits per heavy atom. The highest BCUT2D eigenvalue weighted by molar-refractivity contribution is 5.59. The minimum atomic E-state index is -0.831. The molecular formula is C13H17N3O3. The molecule has 0 bridgehead atoms. The predicted molar refractivity (Wildman–Crippen MR) is 71.8 cm³/mol. The Morgan fingerprint density at radius 1 is 1.47 bits per heavy atom. The second-order valence-electron chi connectivity index (χ2n) is 4.39. The molecule has 6 nitrogen and oxygen atoms in total. The van der Waals surface area contributed by atoms with Crippen LogP contribution in [0.3, 0.4) is 0 Å². The Balaban J connectivity index is 2.90. The third-order valence-electron chi connectivity index (χ3n) is 3.25. The molecule has 0 atom stereocenters. The summed E-state index contributed by atoms with van der Waals surface area (Å²) in [5.74, 6) is 0.